The lowest BCUT2D eigenvalue weighted by Crippen LogP contribution is -2.50. The van der Waals surface area contributed by atoms with Gasteiger partial charge < -0.3 is 10.1 Å². The van der Waals surface area contributed by atoms with Crippen molar-refractivity contribution in [2.45, 2.75) is 31.8 Å². The van der Waals surface area contributed by atoms with Gasteiger partial charge >= 0.3 is 0 Å². The van der Waals surface area contributed by atoms with E-state index in [-0.39, 0.29) is 12.0 Å². The molecule has 0 saturated carbocycles. The largest absolute Gasteiger partial charge is 0.374 e. The van der Waals surface area contributed by atoms with Crippen LogP contribution in [0.4, 0.5) is 0 Å². The molecule has 22 heavy (non-hydrogen) atoms. The molecule has 2 saturated heterocycles. The lowest BCUT2D eigenvalue weighted by atomic mass is 10.2. The number of morpholine rings is 1. The van der Waals surface area contributed by atoms with Crippen molar-refractivity contribution in [1.29, 1.82) is 0 Å². The van der Waals surface area contributed by atoms with Crippen LogP contribution in [-0.2, 0) is 19.6 Å². The van der Waals surface area contributed by atoms with Crippen molar-refractivity contribution in [2.75, 3.05) is 52.1 Å². The zero-order valence-corrected chi connectivity index (χ0v) is 14.1. The Labute approximate surface area is 133 Å². The third kappa shape index (κ3) is 5.83. The fourth-order valence-electron chi connectivity index (χ4n) is 2.90. The molecule has 0 bridgehead atoms. The van der Waals surface area contributed by atoms with E-state index in [1.165, 1.54) is 23.4 Å². The molecule has 0 aromatic rings. The number of nitrogens with zero attached hydrogens (tertiary/aromatic N) is 2. The molecule has 1 amide bonds. The van der Waals surface area contributed by atoms with Gasteiger partial charge in [0.05, 0.1) is 25.5 Å². The summed E-state index contributed by atoms with van der Waals surface area (Å²) in [5.41, 5.74) is 0. The van der Waals surface area contributed by atoms with Crippen molar-refractivity contribution >= 4 is 15.9 Å². The van der Waals surface area contributed by atoms with Crippen molar-refractivity contribution in [3.05, 3.63) is 0 Å². The second-order valence-corrected chi connectivity index (χ2v) is 8.09. The molecular formula is C14H27N3O4S. The predicted molar refractivity (Wildman–Crippen MR) is 84.1 cm³/mol. The Morgan fingerprint density at radius 1 is 1.18 bits per heavy atom. The summed E-state index contributed by atoms with van der Waals surface area (Å²) in [6.07, 6.45) is 5.74. The van der Waals surface area contributed by atoms with E-state index in [1.807, 2.05) is 0 Å². The van der Waals surface area contributed by atoms with Gasteiger partial charge in [-0.25, -0.2) is 8.42 Å². The van der Waals surface area contributed by atoms with Crippen LogP contribution in [0.2, 0.25) is 0 Å². The summed E-state index contributed by atoms with van der Waals surface area (Å²) in [6.45, 7) is 3.81. The van der Waals surface area contributed by atoms with Crippen LogP contribution in [0, 0.1) is 0 Å². The van der Waals surface area contributed by atoms with Gasteiger partial charge in [-0.1, -0.05) is 12.8 Å². The van der Waals surface area contributed by atoms with Crippen LogP contribution in [0.3, 0.4) is 0 Å². The van der Waals surface area contributed by atoms with E-state index in [0.717, 1.165) is 25.9 Å². The zero-order chi connectivity index (χ0) is 16.0. The Bertz CT molecular complexity index is 461. The minimum atomic E-state index is -3.19. The summed E-state index contributed by atoms with van der Waals surface area (Å²) >= 11 is 0. The van der Waals surface area contributed by atoms with Gasteiger partial charge in [0.15, 0.2) is 0 Å². The number of carbonyl (C=O) groups excluding carboxylic acids is 1. The lowest BCUT2D eigenvalue weighted by molar-refractivity contribution is -0.123. The van der Waals surface area contributed by atoms with E-state index in [4.69, 9.17) is 4.74 Å². The van der Waals surface area contributed by atoms with Crippen LogP contribution in [0.1, 0.15) is 25.7 Å². The van der Waals surface area contributed by atoms with Gasteiger partial charge in [-0.15, -0.1) is 0 Å². The normalized spacial score (nSPS) is 25.6. The Morgan fingerprint density at radius 3 is 2.50 bits per heavy atom. The Kier molecular flexibility index (Phi) is 6.61. The molecule has 1 unspecified atom stereocenters. The van der Waals surface area contributed by atoms with Crippen molar-refractivity contribution in [1.82, 2.24) is 14.5 Å². The number of hydrogen-bond donors (Lipinski definition) is 1. The van der Waals surface area contributed by atoms with Crippen LogP contribution in [0.25, 0.3) is 0 Å². The summed E-state index contributed by atoms with van der Waals surface area (Å²) < 4.78 is 30.0. The highest BCUT2D eigenvalue weighted by molar-refractivity contribution is 7.88. The molecule has 2 heterocycles. The van der Waals surface area contributed by atoms with Gasteiger partial charge in [-0.05, 0) is 25.9 Å². The fourth-order valence-corrected chi connectivity index (χ4v) is 3.74. The van der Waals surface area contributed by atoms with Crippen molar-refractivity contribution < 1.29 is 17.9 Å². The second-order valence-electron chi connectivity index (χ2n) is 6.11. The molecule has 2 rings (SSSR count). The molecule has 128 valence electrons. The maximum absolute atomic E-state index is 12.0. The molecular weight excluding hydrogens is 306 g/mol. The molecule has 1 atom stereocenters. The number of hydrogen-bond acceptors (Lipinski definition) is 5. The fraction of sp³-hybridized carbons (Fsp3) is 0.929. The number of sulfonamides is 1. The van der Waals surface area contributed by atoms with Crippen molar-refractivity contribution in [3.8, 4) is 0 Å². The number of carbonyl (C=O) groups is 1. The van der Waals surface area contributed by atoms with Crippen LogP contribution in [-0.4, -0.2) is 81.8 Å². The minimum absolute atomic E-state index is 0.0121. The third-order valence-electron chi connectivity index (χ3n) is 4.16. The van der Waals surface area contributed by atoms with E-state index in [9.17, 15) is 13.2 Å². The summed E-state index contributed by atoms with van der Waals surface area (Å²) in [7, 11) is -3.19. The maximum atomic E-state index is 12.0. The van der Waals surface area contributed by atoms with Gasteiger partial charge in [-0.3, -0.25) is 9.69 Å². The first-order chi connectivity index (χ1) is 10.4. The van der Waals surface area contributed by atoms with Crippen molar-refractivity contribution in [3.63, 3.8) is 0 Å². The third-order valence-corrected chi connectivity index (χ3v) is 5.43. The highest BCUT2D eigenvalue weighted by atomic mass is 32.2. The molecule has 0 aromatic carbocycles. The first-order valence-electron chi connectivity index (χ1n) is 8.01. The number of likely N-dealkylation sites (tertiary alicyclic amines) is 1. The molecule has 2 fully saturated rings. The van der Waals surface area contributed by atoms with E-state index >= 15 is 0 Å². The average Bonchev–Trinajstić information content (AvgIpc) is 2.73. The van der Waals surface area contributed by atoms with E-state index < -0.39 is 10.0 Å². The zero-order valence-electron chi connectivity index (χ0n) is 13.3. The number of amides is 1. The van der Waals surface area contributed by atoms with Crippen LogP contribution in [0.15, 0.2) is 0 Å². The van der Waals surface area contributed by atoms with Gasteiger partial charge in [-0.2, -0.15) is 4.31 Å². The van der Waals surface area contributed by atoms with E-state index in [1.54, 1.807) is 0 Å². The first kappa shape index (κ1) is 17.7. The van der Waals surface area contributed by atoms with Crippen LogP contribution in [0.5, 0.6) is 0 Å². The second kappa shape index (κ2) is 8.24. The number of rotatable bonds is 5. The topological polar surface area (TPSA) is 79.0 Å². The number of nitrogens with one attached hydrogen (secondary N) is 1. The Morgan fingerprint density at radius 2 is 1.86 bits per heavy atom. The molecule has 0 aromatic heterocycles. The average molecular weight is 333 g/mol. The van der Waals surface area contributed by atoms with E-state index in [2.05, 4.69) is 10.2 Å². The van der Waals surface area contributed by atoms with Crippen LogP contribution >= 0.6 is 0 Å². The lowest BCUT2D eigenvalue weighted by Gasteiger charge is -2.31. The molecule has 2 aliphatic rings. The Hall–Kier alpha value is -0.700. The summed E-state index contributed by atoms with van der Waals surface area (Å²) in [5, 5.41) is 2.86. The highest BCUT2D eigenvalue weighted by Gasteiger charge is 2.26. The van der Waals surface area contributed by atoms with Crippen LogP contribution < -0.4 is 5.32 Å². The van der Waals surface area contributed by atoms with Crippen molar-refractivity contribution in [2.24, 2.45) is 0 Å². The smallest absolute Gasteiger partial charge is 0.234 e. The predicted octanol–water partition coefficient (Wildman–Crippen LogP) is -0.361. The highest BCUT2D eigenvalue weighted by Crippen LogP contribution is 2.10. The SMILES string of the molecule is CS(=O)(=O)N1CCOC(CNC(=O)CN2CCCCCC2)C1. The number of ether oxygens (including phenoxy) is 1. The minimum Gasteiger partial charge on any atom is -0.374 e. The van der Waals surface area contributed by atoms with Gasteiger partial charge in [0.25, 0.3) is 0 Å². The summed E-state index contributed by atoms with van der Waals surface area (Å²) in [5.74, 6) is -0.0121. The van der Waals surface area contributed by atoms with Gasteiger partial charge in [0, 0.05) is 19.6 Å². The summed E-state index contributed by atoms with van der Waals surface area (Å²) in [6, 6.07) is 0. The molecule has 7 nitrogen and oxygen atoms in total. The van der Waals surface area contributed by atoms with E-state index in [0.29, 0.717) is 32.8 Å². The monoisotopic (exact) mass is 333 g/mol. The molecule has 8 heteroatoms. The molecule has 2 aliphatic heterocycles. The van der Waals surface area contributed by atoms with Gasteiger partial charge in [0.1, 0.15) is 0 Å². The molecule has 0 spiro atoms. The quantitative estimate of drug-likeness (QED) is 0.743. The molecule has 0 aliphatic carbocycles. The standard InChI is InChI=1S/C14H27N3O4S/c1-22(19,20)17-8-9-21-13(11-17)10-15-14(18)12-16-6-4-2-3-5-7-16/h13H,2-12H2,1H3,(H,15,18). The van der Waals surface area contributed by atoms with Gasteiger partial charge in [0.2, 0.25) is 15.9 Å². The molecule has 1 N–H and O–H groups in total. The Balaban J connectivity index is 1.71. The summed E-state index contributed by atoms with van der Waals surface area (Å²) in [4.78, 5) is 14.2. The first-order valence-corrected chi connectivity index (χ1v) is 9.86. The molecule has 0 radical (unpaired) electrons. The maximum Gasteiger partial charge on any atom is 0.234 e.